The summed E-state index contributed by atoms with van der Waals surface area (Å²) in [7, 11) is 2.99. The van der Waals surface area contributed by atoms with Crippen molar-refractivity contribution in [2.24, 2.45) is 0 Å². The molecule has 0 saturated heterocycles. The summed E-state index contributed by atoms with van der Waals surface area (Å²) in [5.41, 5.74) is 1.36. The average molecular weight is 679 g/mol. The molecule has 3 N–H and O–H groups in total. The number of ether oxygens (including phenoxy) is 2. The van der Waals surface area contributed by atoms with Crippen LogP contribution >= 0.6 is 27.7 Å². The van der Waals surface area contributed by atoms with E-state index < -0.39 is 22.9 Å². The van der Waals surface area contributed by atoms with E-state index in [0.29, 0.717) is 37.7 Å². The molecule has 0 spiro atoms. The third kappa shape index (κ3) is 8.48. The Hall–Kier alpha value is -4.61. The van der Waals surface area contributed by atoms with Gasteiger partial charge in [-0.25, -0.2) is 4.39 Å². The first kappa shape index (κ1) is 32.3. The summed E-state index contributed by atoms with van der Waals surface area (Å²) in [5, 5.41) is 7.55. The summed E-state index contributed by atoms with van der Waals surface area (Å²) in [4.78, 5) is 40.0. The predicted octanol–water partition coefficient (Wildman–Crippen LogP) is 7.13. The van der Waals surface area contributed by atoms with Gasteiger partial charge in [0.15, 0.2) is 11.5 Å². The molecule has 0 aliphatic rings. The maximum atomic E-state index is 14.2. The Morgan fingerprint density at radius 3 is 2.34 bits per heavy atom. The molecule has 0 radical (unpaired) electrons. The molecule has 0 heterocycles. The summed E-state index contributed by atoms with van der Waals surface area (Å²) in [6.45, 7) is 1.70. The number of rotatable bonds is 11. The van der Waals surface area contributed by atoms with Crippen LogP contribution in [0.25, 0.3) is 6.08 Å². The summed E-state index contributed by atoms with van der Waals surface area (Å²) in [5.74, 6) is -1.14. The summed E-state index contributed by atoms with van der Waals surface area (Å²) in [6, 6.07) is 25.0. The van der Waals surface area contributed by atoms with Crippen molar-refractivity contribution in [3.63, 3.8) is 0 Å². The normalized spacial score (nSPS) is 11.7. The van der Waals surface area contributed by atoms with E-state index in [4.69, 9.17) is 9.47 Å². The third-order valence-electron chi connectivity index (χ3n) is 6.23. The van der Waals surface area contributed by atoms with E-state index in [-0.39, 0.29) is 17.3 Å². The molecular formula is C33H29BrFN3O5S. The molecule has 0 aliphatic carbocycles. The monoisotopic (exact) mass is 677 g/mol. The minimum Gasteiger partial charge on any atom is -0.493 e. The minimum absolute atomic E-state index is 0.0345. The lowest BCUT2D eigenvalue weighted by molar-refractivity contribution is -0.115. The molecule has 11 heteroatoms. The number of halogens is 2. The SMILES string of the molecule is COc1cccc(/C=C(/NC(=O)c2ccccc2)C(=O)Nc2cccc(SC(C)C(=O)Nc3ccc(Br)cc3F)c2)c1OC. The molecule has 4 aromatic carbocycles. The highest BCUT2D eigenvalue weighted by molar-refractivity contribution is 9.10. The predicted molar refractivity (Wildman–Crippen MR) is 175 cm³/mol. The Morgan fingerprint density at radius 2 is 1.64 bits per heavy atom. The zero-order valence-electron chi connectivity index (χ0n) is 24.0. The topological polar surface area (TPSA) is 106 Å². The summed E-state index contributed by atoms with van der Waals surface area (Å²) < 4.78 is 25.6. The van der Waals surface area contributed by atoms with Crippen molar-refractivity contribution in [2.45, 2.75) is 17.1 Å². The number of para-hydroxylation sites is 1. The van der Waals surface area contributed by atoms with Crippen molar-refractivity contribution in [1.82, 2.24) is 5.32 Å². The van der Waals surface area contributed by atoms with Gasteiger partial charge in [-0.05, 0) is 67.6 Å². The van der Waals surface area contributed by atoms with E-state index in [0.717, 1.165) is 0 Å². The Morgan fingerprint density at radius 1 is 0.886 bits per heavy atom. The average Bonchev–Trinajstić information content (AvgIpc) is 3.02. The highest BCUT2D eigenvalue weighted by Gasteiger charge is 2.19. The van der Waals surface area contributed by atoms with Crippen LogP contribution in [0.5, 0.6) is 11.5 Å². The van der Waals surface area contributed by atoms with Gasteiger partial charge in [-0.1, -0.05) is 52.3 Å². The highest BCUT2D eigenvalue weighted by Crippen LogP contribution is 2.32. The first-order chi connectivity index (χ1) is 21.2. The van der Waals surface area contributed by atoms with Crippen molar-refractivity contribution in [3.05, 3.63) is 118 Å². The fraction of sp³-hybridized carbons (Fsp3) is 0.121. The number of amides is 3. The second-order valence-electron chi connectivity index (χ2n) is 9.32. The zero-order chi connectivity index (χ0) is 31.6. The molecule has 0 aliphatic heterocycles. The van der Waals surface area contributed by atoms with Gasteiger partial charge in [0.1, 0.15) is 11.5 Å². The molecule has 44 heavy (non-hydrogen) atoms. The van der Waals surface area contributed by atoms with Gasteiger partial charge in [-0.2, -0.15) is 0 Å². The number of anilines is 2. The number of hydrogen-bond acceptors (Lipinski definition) is 6. The Labute approximate surface area is 267 Å². The molecule has 1 unspecified atom stereocenters. The Balaban J connectivity index is 1.54. The summed E-state index contributed by atoms with van der Waals surface area (Å²) >= 11 is 4.44. The van der Waals surface area contributed by atoms with Gasteiger partial charge in [-0.15, -0.1) is 11.8 Å². The van der Waals surface area contributed by atoms with Crippen LogP contribution in [0.2, 0.25) is 0 Å². The van der Waals surface area contributed by atoms with E-state index in [2.05, 4.69) is 31.9 Å². The molecular weight excluding hydrogens is 649 g/mol. The van der Waals surface area contributed by atoms with Crippen LogP contribution in [0.4, 0.5) is 15.8 Å². The van der Waals surface area contributed by atoms with Crippen LogP contribution in [0.1, 0.15) is 22.8 Å². The van der Waals surface area contributed by atoms with Gasteiger partial charge in [0, 0.05) is 26.2 Å². The Bertz CT molecular complexity index is 1700. The molecule has 0 fully saturated rings. The lowest BCUT2D eigenvalue weighted by atomic mass is 10.1. The zero-order valence-corrected chi connectivity index (χ0v) is 26.4. The Kier molecular flexibility index (Phi) is 11.2. The number of thioether (sulfide) groups is 1. The molecule has 4 aromatic rings. The van der Waals surface area contributed by atoms with Gasteiger partial charge in [-0.3, -0.25) is 14.4 Å². The summed E-state index contributed by atoms with van der Waals surface area (Å²) in [6.07, 6.45) is 1.50. The van der Waals surface area contributed by atoms with Gasteiger partial charge >= 0.3 is 0 Å². The standard InChI is InChI=1S/C33H29BrFN3O5S/c1-20(31(39)37-27-16-15-23(34)18-26(27)35)44-25-13-8-12-24(19-25)36-33(41)28(38-32(40)21-9-5-4-6-10-21)17-22-11-7-14-29(42-2)30(22)43-3/h4-20H,1-3H3,(H,36,41)(H,37,39)(H,38,40)/b28-17+. The molecule has 226 valence electrons. The van der Waals surface area contributed by atoms with Crippen molar-refractivity contribution in [2.75, 3.05) is 24.9 Å². The third-order valence-corrected chi connectivity index (χ3v) is 7.81. The minimum atomic E-state index is -0.585. The first-order valence-corrected chi connectivity index (χ1v) is 15.0. The van der Waals surface area contributed by atoms with Gasteiger partial charge in [0.2, 0.25) is 5.91 Å². The number of carbonyl (C=O) groups is 3. The quantitative estimate of drug-likeness (QED) is 0.115. The van der Waals surface area contributed by atoms with E-state index >= 15 is 0 Å². The van der Waals surface area contributed by atoms with Crippen LogP contribution in [-0.2, 0) is 9.59 Å². The molecule has 4 rings (SSSR count). The lowest BCUT2D eigenvalue weighted by Gasteiger charge is -2.15. The van der Waals surface area contributed by atoms with E-state index in [9.17, 15) is 18.8 Å². The lowest BCUT2D eigenvalue weighted by Crippen LogP contribution is -2.30. The number of nitrogens with one attached hydrogen (secondary N) is 3. The molecule has 0 bridgehead atoms. The van der Waals surface area contributed by atoms with Gasteiger partial charge < -0.3 is 25.4 Å². The maximum Gasteiger partial charge on any atom is 0.272 e. The van der Waals surface area contributed by atoms with Crippen molar-refractivity contribution < 1.29 is 28.2 Å². The number of methoxy groups -OCH3 is 2. The van der Waals surface area contributed by atoms with Crippen LogP contribution in [0.15, 0.2) is 106 Å². The van der Waals surface area contributed by atoms with E-state index in [1.807, 2.05) is 0 Å². The van der Waals surface area contributed by atoms with E-state index in [1.165, 1.54) is 44.2 Å². The fourth-order valence-electron chi connectivity index (χ4n) is 4.05. The van der Waals surface area contributed by atoms with Crippen LogP contribution < -0.4 is 25.4 Å². The van der Waals surface area contributed by atoms with Gasteiger partial charge in [0.05, 0.1) is 25.2 Å². The highest BCUT2D eigenvalue weighted by atomic mass is 79.9. The van der Waals surface area contributed by atoms with E-state index in [1.54, 1.807) is 85.8 Å². The largest absolute Gasteiger partial charge is 0.493 e. The molecule has 1 atom stereocenters. The van der Waals surface area contributed by atoms with Crippen molar-refractivity contribution in [1.29, 1.82) is 0 Å². The second kappa shape index (κ2) is 15.2. The van der Waals surface area contributed by atoms with Crippen molar-refractivity contribution >= 4 is 62.9 Å². The smallest absolute Gasteiger partial charge is 0.272 e. The van der Waals surface area contributed by atoms with Crippen LogP contribution in [0.3, 0.4) is 0 Å². The van der Waals surface area contributed by atoms with Gasteiger partial charge in [0.25, 0.3) is 11.8 Å². The van der Waals surface area contributed by atoms with Crippen LogP contribution in [0, 0.1) is 5.82 Å². The molecule has 8 nitrogen and oxygen atoms in total. The number of carbonyl (C=O) groups excluding carboxylic acids is 3. The number of hydrogen-bond donors (Lipinski definition) is 3. The molecule has 0 aromatic heterocycles. The van der Waals surface area contributed by atoms with Crippen molar-refractivity contribution in [3.8, 4) is 11.5 Å². The molecule has 0 saturated carbocycles. The maximum absolute atomic E-state index is 14.2. The fourth-order valence-corrected chi connectivity index (χ4v) is 5.31. The molecule has 3 amide bonds. The number of benzene rings is 4. The second-order valence-corrected chi connectivity index (χ2v) is 11.6. The van der Waals surface area contributed by atoms with Crippen LogP contribution in [-0.4, -0.2) is 37.2 Å². The first-order valence-electron chi connectivity index (χ1n) is 13.3.